The summed E-state index contributed by atoms with van der Waals surface area (Å²) in [6.07, 6.45) is -0.998. The molecule has 0 aliphatic carbocycles. The molecule has 1 N–H and O–H groups in total. The van der Waals surface area contributed by atoms with E-state index in [-0.39, 0.29) is 13.2 Å². The molecule has 0 atom stereocenters. The van der Waals surface area contributed by atoms with Crippen molar-refractivity contribution in [2.45, 2.75) is 68.4 Å². The number of carbonyl (C=O) groups excluding carboxylic acids is 3. The van der Waals surface area contributed by atoms with Gasteiger partial charge in [0.15, 0.2) is 0 Å². The van der Waals surface area contributed by atoms with Crippen molar-refractivity contribution >= 4 is 17.9 Å². The van der Waals surface area contributed by atoms with Gasteiger partial charge in [0.05, 0.1) is 10.8 Å². The molecule has 0 aromatic rings. The van der Waals surface area contributed by atoms with Crippen LogP contribution in [0.1, 0.15) is 62.3 Å². The first-order valence-corrected chi connectivity index (χ1v) is 8.13. The van der Waals surface area contributed by atoms with Crippen LogP contribution in [0.2, 0.25) is 0 Å². The fourth-order valence-electron chi connectivity index (χ4n) is 0.825. The van der Waals surface area contributed by atoms with Crippen LogP contribution in [0.5, 0.6) is 0 Å². The normalized spacial score (nSPS) is 12.1. The van der Waals surface area contributed by atoms with Crippen LogP contribution in [-0.2, 0) is 23.9 Å². The summed E-state index contributed by atoms with van der Waals surface area (Å²) in [4.78, 5) is 32.8. The molecule has 0 saturated carbocycles. The lowest BCUT2D eigenvalue weighted by Crippen LogP contribution is -2.35. The second-order valence-corrected chi connectivity index (χ2v) is 8.89. The van der Waals surface area contributed by atoms with E-state index >= 15 is 0 Å². The quantitative estimate of drug-likeness (QED) is 0.751. The number of aliphatic hydroxyl groups is 1. The topological polar surface area (TPSA) is 113 Å². The molecule has 0 unspecified atom stereocenters. The average molecular weight is 361 g/mol. The van der Waals surface area contributed by atoms with Crippen molar-refractivity contribution in [1.29, 1.82) is 0 Å². The molecule has 148 valence electrons. The zero-order valence-corrected chi connectivity index (χ0v) is 16.9. The third kappa shape index (κ3) is 13.3. The van der Waals surface area contributed by atoms with E-state index in [1.54, 1.807) is 62.3 Å². The molecule has 0 amide bonds. The van der Waals surface area contributed by atoms with Crippen LogP contribution in [0.25, 0.3) is 0 Å². The Balaban J connectivity index is 0. The van der Waals surface area contributed by atoms with Gasteiger partial charge in [0.1, 0.15) is 19.3 Å². The number of aliphatic carboxylic acids is 1. The maximum atomic E-state index is 11.4. The molecule has 7 heteroatoms. The molecule has 7 nitrogen and oxygen atoms in total. The van der Waals surface area contributed by atoms with Crippen LogP contribution in [-0.4, -0.2) is 42.3 Å². The number of carboxylic acids is 1. The molecular weight excluding hydrogens is 328 g/mol. The summed E-state index contributed by atoms with van der Waals surface area (Å²) in [5, 5.41) is 19.4. The first kappa shape index (κ1) is 25.6. The minimum atomic E-state index is -1.01. The average Bonchev–Trinajstić information content (AvgIpc) is 2.39. The number of carbonyl (C=O) groups is 3. The van der Waals surface area contributed by atoms with Crippen molar-refractivity contribution in [2.24, 2.45) is 16.2 Å². The summed E-state index contributed by atoms with van der Waals surface area (Å²) in [7, 11) is 0. The standard InChI is InChI=1S/C13H24O5.C5H10O2/c1-12(2,3)10(15)17-7-9(14)8-18-11(16)13(4,5)6;1-5(2,3)4(6)7/h9,14H,7-8H2,1-6H3;1-3H3,(H,6,7)/p-1. The molecule has 25 heavy (non-hydrogen) atoms. The van der Waals surface area contributed by atoms with Crippen LogP contribution in [0.15, 0.2) is 0 Å². The van der Waals surface area contributed by atoms with Crippen LogP contribution < -0.4 is 5.11 Å². The molecule has 0 fully saturated rings. The van der Waals surface area contributed by atoms with Gasteiger partial charge in [-0.2, -0.15) is 0 Å². The minimum Gasteiger partial charge on any atom is -0.550 e. The Kier molecular flexibility index (Phi) is 9.99. The Labute approximate surface area is 150 Å². The number of aliphatic hydroxyl groups excluding tert-OH is 1. The van der Waals surface area contributed by atoms with Gasteiger partial charge in [0, 0.05) is 11.4 Å². The van der Waals surface area contributed by atoms with E-state index in [2.05, 4.69) is 0 Å². The second kappa shape index (κ2) is 9.75. The van der Waals surface area contributed by atoms with E-state index in [1.807, 2.05) is 0 Å². The molecule has 0 aromatic carbocycles. The number of carboxylic acid groups (broad SMARTS) is 1. The van der Waals surface area contributed by atoms with Crippen LogP contribution >= 0.6 is 0 Å². The predicted octanol–water partition coefficient (Wildman–Crippen LogP) is 1.31. The third-order valence-corrected chi connectivity index (χ3v) is 2.65. The fourth-order valence-corrected chi connectivity index (χ4v) is 0.825. The maximum Gasteiger partial charge on any atom is 0.311 e. The summed E-state index contributed by atoms with van der Waals surface area (Å²) in [6.45, 7) is 14.8. The summed E-state index contributed by atoms with van der Waals surface area (Å²) in [6, 6.07) is 0. The minimum absolute atomic E-state index is 0.173. The highest BCUT2D eigenvalue weighted by atomic mass is 16.6. The Morgan fingerprint density at radius 2 is 1.00 bits per heavy atom. The molecule has 0 aliphatic heterocycles. The molecule has 0 rings (SSSR count). The van der Waals surface area contributed by atoms with Crippen molar-refractivity contribution in [3.8, 4) is 0 Å². The van der Waals surface area contributed by atoms with Crippen LogP contribution in [0.3, 0.4) is 0 Å². The zero-order valence-electron chi connectivity index (χ0n) is 16.9. The van der Waals surface area contributed by atoms with Gasteiger partial charge >= 0.3 is 11.9 Å². The van der Waals surface area contributed by atoms with E-state index in [9.17, 15) is 24.6 Å². The number of hydrogen-bond acceptors (Lipinski definition) is 7. The van der Waals surface area contributed by atoms with Crippen molar-refractivity contribution in [2.75, 3.05) is 13.2 Å². The Morgan fingerprint density at radius 3 is 1.16 bits per heavy atom. The Bertz CT molecular complexity index is 418. The molecular formula is C18H33O7-. The van der Waals surface area contributed by atoms with Gasteiger partial charge in [0.2, 0.25) is 0 Å². The first-order valence-electron chi connectivity index (χ1n) is 8.13. The van der Waals surface area contributed by atoms with Crippen LogP contribution in [0, 0.1) is 16.2 Å². The van der Waals surface area contributed by atoms with E-state index in [4.69, 9.17) is 9.47 Å². The first-order chi connectivity index (χ1) is 10.9. The van der Waals surface area contributed by atoms with Gasteiger partial charge in [-0.3, -0.25) is 9.59 Å². The summed E-state index contributed by atoms with van der Waals surface area (Å²) in [5.74, 6) is -1.81. The highest BCUT2D eigenvalue weighted by Gasteiger charge is 2.26. The van der Waals surface area contributed by atoms with E-state index in [0.717, 1.165) is 0 Å². The van der Waals surface area contributed by atoms with Crippen molar-refractivity contribution in [3.05, 3.63) is 0 Å². The molecule has 0 bridgehead atoms. The van der Waals surface area contributed by atoms with Gasteiger partial charge in [0.25, 0.3) is 0 Å². The van der Waals surface area contributed by atoms with Crippen molar-refractivity contribution in [3.63, 3.8) is 0 Å². The monoisotopic (exact) mass is 361 g/mol. The molecule has 0 aliphatic rings. The van der Waals surface area contributed by atoms with Gasteiger partial charge in [-0.15, -0.1) is 0 Å². The van der Waals surface area contributed by atoms with Crippen molar-refractivity contribution < 1.29 is 34.1 Å². The molecule has 0 aromatic heterocycles. The van der Waals surface area contributed by atoms with Crippen molar-refractivity contribution in [1.82, 2.24) is 0 Å². The molecule has 0 heterocycles. The molecule has 0 saturated heterocycles. The lowest BCUT2D eigenvalue weighted by molar-refractivity contribution is -0.316. The van der Waals surface area contributed by atoms with Gasteiger partial charge in [-0.05, 0) is 41.5 Å². The highest BCUT2D eigenvalue weighted by Crippen LogP contribution is 2.16. The highest BCUT2D eigenvalue weighted by molar-refractivity contribution is 5.76. The predicted molar refractivity (Wildman–Crippen MR) is 91.3 cm³/mol. The number of hydrogen-bond donors (Lipinski definition) is 1. The third-order valence-electron chi connectivity index (χ3n) is 2.65. The number of rotatable bonds is 4. The van der Waals surface area contributed by atoms with Crippen LogP contribution in [0.4, 0.5) is 0 Å². The molecule has 0 radical (unpaired) electrons. The smallest absolute Gasteiger partial charge is 0.311 e. The number of ether oxygens (including phenoxy) is 2. The van der Waals surface area contributed by atoms with Gasteiger partial charge in [-0.25, -0.2) is 0 Å². The van der Waals surface area contributed by atoms with E-state index in [0.29, 0.717) is 0 Å². The summed E-state index contributed by atoms with van der Waals surface area (Å²) < 4.78 is 9.81. The second-order valence-electron chi connectivity index (χ2n) is 8.89. The largest absolute Gasteiger partial charge is 0.550 e. The van der Waals surface area contributed by atoms with E-state index in [1.165, 1.54) is 0 Å². The van der Waals surface area contributed by atoms with E-state index < -0.39 is 40.3 Å². The maximum absolute atomic E-state index is 11.4. The number of esters is 2. The Hall–Kier alpha value is -1.63. The zero-order chi connectivity index (χ0) is 20.6. The summed E-state index contributed by atoms with van der Waals surface area (Å²) in [5.41, 5.74) is -1.91. The summed E-state index contributed by atoms with van der Waals surface area (Å²) >= 11 is 0. The lowest BCUT2D eigenvalue weighted by atomic mass is 9.97. The fraction of sp³-hybridized carbons (Fsp3) is 0.833. The molecule has 0 spiro atoms. The lowest BCUT2D eigenvalue weighted by Gasteiger charge is -2.20. The Morgan fingerprint density at radius 1 is 0.760 bits per heavy atom. The SMILES string of the molecule is CC(C)(C)C(=O)OCC(O)COC(=O)C(C)(C)C.CC(C)(C)C(=O)[O-]. The van der Waals surface area contributed by atoms with Gasteiger partial charge in [-0.1, -0.05) is 20.8 Å². The van der Waals surface area contributed by atoms with Gasteiger partial charge < -0.3 is 24.5 Å².